The number of anilines is 3. The molecular formula is C36H60N10O5S3. The molecule has 0 unspecified atom stereocenters. The highest BCUT2D eigenvalue weighted by Gasteiger charge is 2.23. The lowest BCUT2D eigenvalue weighted by molar-refractivity contribution is 0.0624. The third-order valence-electron chi connectivity index (χ3n) is 8.33. The summed E-state index contributed by atoms with van der Waals surface area (Å²) in [5.74, 6) is 0. The van der Waals surface area contributed by atoms with Gasteiger partial charge in [-0.2, -0.15) is 0 Å². The minimum absolute atomic E-state index is 0.297. The van der Waals surface area contributed by atoms with E-state index >= 15 is 0 Å². The summed E-state index contributed by atoms with van der Waals surface area (Å²) in [4.78, 5) is 55.5. The first kappa shape index (κ1) is 45.1. The monoisotopic (exact) mass is 808 g/mol. The first-order chi connectivity index (χ1) is 25.3. The van der Waals surface area contributed by atoms with Crippen LogP contribution < -0.4 is 16.4 Å². The molecular weight excluding hydrogens is 749 g/mol. The summed E-state index contributed by atoms with van der Waals surface area (Å²) in [7, 11) is 8.63. The summed E-state index contributed by atoms with van der Waals surface area (Å²) in [5.41, 5.74) is 7.00. The maximum Gasteiger partial charge on any atom is 0.413 e. The fourth-order valence-corrected chi connectivity index (χ4v) is 7.54. The van der Waals surface area contributed by atoms with E-state index in [1.54, 1.807) is 26.2 Å². The number of amides is 2. The number of piperidine rings is 2. The van der Waals surface area contributed by atoms with Crippen molar-refractivity contribution >= 4 is 67.9 Å². The van der Waals surface area contributed by atoms with Gasteiger partial charge in [-0.25, -0.2) is 24.5 Å². The zero-order valence-electron chi connectivity index (χ0n) is 33.5. The van der Waals surface area contributed by atoms with E-state index in [9.17, 15) is 14.4 Å². The van der Waals surface area contributed by atoms with Crippen LogP contribution in [0.5, 0.6) is 0 Å². The second-order valence-corrected chi connectivity index (χ2v) is 18.3. The van der Waals surface area contributed by atoms with Gasteiger partial charge in [0.1, 0.15) is 16.9 Å². The number of nitrogens with two attached hydrogens (primary N) is 1. The van der Waals surface area contributed by atoms with Gasteiger partial charge in [-0.05, 0) is 95.4 Å². The number of ether oxygens (including phenoxy) is 2. The highest BCUT2D eigenvalue weighted by Crippen LogP contribution is 2.22. The van der Waals surface area contributed by atoms with Gasteiger partial charge in [0.15, 0.2) is 21.7 Å². The van der Waals surface area contributed by atoms with Crippen LogP contribution in [0, 0.1) is 0 Å². The van der Waals surface area contributed by atoms with Gasteiger partial charge >= 0.3 is 12.2 Å². The van der Waals surface area contributed by atoms with Gasteiger partial charge in [0.05, 0.1) is 11.4 Å². The third-order valence-corrected chi connectivity index (χ3v) is 10.6. The summed E-state index contributed by atoms with van der Waals surface area (Å²) >= 11 is 4.14. The first-order valence-electron chi connectivity index (χ1n) is 18.1. The van der Waals surface area contributed by atoms with Crippen molar-refractivity contribution in [2.45, 2.75) is 104 Å². The van der Waals surface area contributed by atoms with Crippen LogP contribution in [0.15, 0.2) is 16.1 Å². The number of carbonyl (C=O) groups is 3. The summed E-state index contributed by atoms with van der Waals surface area (Å²) in [5, 5.41) is 12.4. The van der Waals surface area contributed by atoms with E-state index in [-0.39, 0.29) is 0 Å². The van der Waals surface area contributed by atoms with Crippen molar-refractivity contribution in [3.8, 4) is 0 Å². The first-order valence-corrected chi connectivity index (χ1v) is 20.7. The lowest BCUT2D eigenvalue weighted by Crippen LogP contribution is -2.41. The molecule has 2 fully saturated rings. The van der Waals surface area contributed by atoms with Gasteiger partial charge in [0, 0.05) is 67.5 Å². The quantitative estimate of drug-likeness (QED) is 0.199. The number of nitrogens with one attached hydrogen (secondary N) is 2. The van der Waals surface area contributed by atoms with Crippen LogP contribution in [-0.4, -0.2) is 131 Å². The number of hydrogen-bond donors (Lipinski definition) is 3. The molecule has 2 aliphatic rings. The molecule has 2 saturated heterocycles. The molecule has 0 radical (unpaired) electrons. The minimum atomic E-state index is -0.575. The Morgan fingerprint density at radius 2 is 1.15 bits per heavy atom. The Kier molecular flexibility index (Phi) is 17.7. The predicted octanol–water partition coefficient (Wildman–Crippen LogP) is 6.57. The standard InChI is InChI=1S/C16H28N4O2S.C11H20N4S.C9H12N2O3S/c1-16(2,3)22-15(21)18-14-17-12(11-23-14)10-20-8-6-13(7-9-20)19(4)5;1-14(2)10-3-5-15(6-4-10)7-9-8-16-11(12)13-9;1-9(2,3)14-8(13)11-7-10-6(4-12)5-15-7/h11,13H,6-10H2,1-5H3,(H,17,18,21);8,10H,3-7H2,1-2H3,(H2,12,13);4-5H,1-3H3,(H,10,11,13). The van der Waals surface area contributed by atoms with Gasteiger partial charge in [0.2, 0.25) is 0 Å². The van der Waals surface area contributed by atoms with Crippen molar-refractivity contribution in [2.75, 3.05) is 70.7 Å². The van der Waals surface area contributed by atoms with Crippen LogP contribution >= 0.6 is 34.0 Å². The fraction of sp³-hybridized carbons (Fsp3) is 0.667. The molecule has 3 aromatic rings. The molecule has 3 aromatic heterocycles. The molecule has 0 spiro atoms. The van der Waals surface area contributed by atoms with Crippen LogP contribution in [0.3, 0.4) is 0 Å². The molecule has 0 saturated carbocycles. The Morgan fingerprint density at radius 3 is 1.52 bits per heavy atom. The summed E-state index contributed by atoms with van der Waals surface area (Å²) in [6.07, 6.45) is 4.50. The Labute approximate surface area is 332 Å². The van der Waals surface area contributed by atoms with Crippen molar-refractivity contribution in [2.24, 2.45) is 0 Å². The second kappa shape index (κ2) is 21.2. The maximum atomic E-state index is 11.7. The molecule has 54 heavy (non-hydrogen) atoms. The molecule has 0 atom stereocenters. The SMILES string of the molecule is CC(C)(C)OC(=O)Nc1nc(C=O)cs1.CN(C)C1CCN(Cc2csc(N)n2)CC1.CN(C)C1CCN(Cc2csc(NC(=O)OC(C)(C)C)n2)CC1. The molecule has 4 N–H and O–H groups in total. The zero-order valence-corrected chi connectivity index (χ0v) is 36.0. The zero-order chi connectivity index (χ0) is 40.1. The van der Waals surface area contributed by atoms with Crippen molar-refractivity contribution in [3.05, 3.63) is 33.2 Å². The summed E-state index contributed by atoms with van der Waals surface area (Å²) < 4.78 is 10.2. The molecule has 18 heteroatoms. The van der Waals surface area contributed by atoms with Crippen molar-refractivity contribution < 1.29 is 23.9 Å². The van der Waals surface area contributed by atoms with E-state index in [0.717, 1.165) is 43.6 Å². The topological polar surface area (TPSA) is 171 Å². The van der Waals surface area contributed by atoms with Gasteiger partial charge in [-0.15, -0.1) is 34.0 Å². The summed E-state index contributed by atoms with van der Waals surface area (Å²) in [6.45, 7) is 17.2. The molecule has 0 aliphatic carbocycles. The Hall–Kier alpha value is -3.26. The molecule has 0 aromatic carbocycles. The molecule has 302 valence electrons. The number of hydrogen-bond acceptors (Lipinski definition) is 16. The second-order valence-electron chi connectivity index (χ2n) is 15.7. The van der Waals surface area contributed by atoms with Gasteiger partial charge in [0.25, 0.3) is 0 Å². The molecule has 15 nitrogen and oxygen atoms in total. The average molecular weight is 809 g/mol. The van der Waals surface area contributed by atoms with Crippen molar-refractivity contribution in [1.29, 1.82) is 0 Å². The van der Waals surface area contributed by atoms with Crippen molar-refractivity contribution in [1.82, 2.24) is 34.6 Å². The van der Waals surface area contributed by atoms with Crippen LogP contribution in [0.4, 0.5) is 25.0 Å². The number of rotatable bonds is 9. The van der Waals surface area contributed by atoms with Crippen molar-refractivity contribution in [3.63, 3.8) is 0 Å². The Balaban J connectivity index is 0.000000225. The lowest BCUT2D eigenvalue weighted by Gasteiger charge is -2.34. The number of thiazole rings is 3. The van der Waals surface area contributed by atoms with E-state index in [2.05, 4.69) is 78.8 Å². The van der Waals surface area contributed by atoms with E-state index in [1.165, 1.54) is 72.8 Å². The molecule has 2 aliphatic heterocycles. The predicted molar refractivity (Wildman–Crippen MR) is 220 cm³/mol. The number of carbonyl (C=O) groups excluding carboxylic acids is 3. The lowest BCUT2D eigenvalue weighted by atomic mass is 10.0. The molecule has 5 heterocycles. The highest BCUT2D eigenvalue weighted by atomic mass is 32.1. The van der Waals surface area contributed by atoms with Crippen LogP contribution in [0.1, 0.15) is 89.1 Å². The van der Waals surface area contributed by atoms with Gasteiger partial charge in [-0.1, -0.05) is 0 Å². The number of likely N-dealkylation sites (tertiary alicyclic amines) is 2. The molecule has 0 bridgehead atoms. The van der Waals surface area contributed by atoms with E-state index in [0.29, 0.717) is 33.4 Å². The number of nitrogens with zero attached hydrogens (tertiary/aromatic N) is 7. The van der Waals surface area contributed by atoms with E-state index < -0.39 is 23.4 Å². The molecule has 2 amide bonds. The highest BCUT2D eigenvalue weighted by molar-refractivity contribution is 7.14. The third kappa shape index (κ3) is 17.5. The van der Waals surface area contributed by atoms with Gasteiger partial charge in [-0.3, -0.25) is 25.2 Å². The average Bonchev–Trinajstić information content (AvgIpc) is 3.82. The Morgan fingerprint density at radius 1 is 0.741 bits per heavy atom. The normalized spacial score (nSPS) is 16.2. The van der Waals surface area contributed by atoms with E-state index in [4.69, 9.17) is 15.2 Å². The van der Waals surface area contributed by atoms with Crippen LogP contribution in [0.2, 0.25) is 0 Å². The maximum absolute atomic E-state index is 11.7. The minimum Gasteiger partial charge on any atom is -0.444 e. The Bertz CT molecular complexity index is 1580. The molecule has 5 rings (SSSR count). The number of aldehydes is 1. The summed E-state index contributed by atoms with van der Waals surface area (Å²) in [6, 6.07) is 1.43. The fourth-order valence-electron chi connectivity index (χ4n) is 5.66. The number of nitrogen functional groups attached to an aromatic ring is 1. The number of aromatic nitrogens is 3. The van der Waals surface area contributed by atoms with Crippen LogP contribution in [-0.2, 0) is 22.6 Å². The van der Waals surface area contributed by atoms with Gasteiger partial charge < -0.3 is 25.0 Å². The smallest absolute Gasteiger partial charge is 0.413 e. The van der Waals surface area contributed by atoms with Crippen LogP contribution in [0.25, 0.3) is 0 Å². The largest absolute Gasteiger partial charge is 0.444 e. The van der Waals surface area contributed by atoms with E-state index in [1.807, 2.05) is 26.2 Å².